The van der Waals surface area contributed by atoms with Gasteiger partial charge in [-0.25, -0.2) is 14.1 Å². The average molecular weight is 379 g/mol. The zero-order chi connectivity index (χ0) is 19.9. The number of aryl methyl sites for hydroxylation is 1. The molecule has 0 saturated heterocycles. The van der Waals surface area contributed by atoms with Crippen molar-refractivity contribution in [1.29, 1.82) is 0 Å². The summed E-state index contributed by atoms with van der Waals surface area (Å²) in [6, 6.07) is 6.17. The van der Waals surface area contributed by atoms with Crippen LogP contribution in [0.2, 0.25) is 0 Å². The fraction of sp³-hybridized carbons (Fsp3) is 0.333. The number of hydrogen-bond donors (Lipinski definition) is 1. The van der Waals surface area contributed by atoms with Gasteiger partial charge in [0.15, 0.2) is 0 Å². The van der Waals surface area contributed by atoms with Gasteiger partial charge < -0.3 is 5.32 Å². The number of carbonyl (C=O) groups is 1. The van der Waals surface area contributed by atoms with E-state index < -0.39 is 0 Å². The van der Waals surface area contributed by atoms with Crippen molar-refractivity contribution >= 4 is 5.91 Å². The Kier molecular flexibility index (Phi) is 4.45. The van der Waals surface area contributed by atoms with Crippen LogP contribution in [0.3, 0.4) is 0 Å². The van der Waals surface area contributed by atoms with E-state index in [4.69, 9.17) is 0 Å². The molecular weight excluding hydrogens is 357 g/mol. The number of hydrogen-bond acceptors (Lipinski definition) is 4. The third kappa shape index (κ3) is 3.52. The number of rotatable bonds is 3. The third-order valence-electron chi connectivity index (χ3n) is 5.05. The number of amides is 1. The first-order valence-corrected chi connectivity index (χ1v) is 9.25. The fourth-order valence-corrected chi connectivity index (χ4v) is 3.74. The third-order valence-corrected chi connectivity index (χ3v) is 5.05. The first-order valence-electron chi connectivity index (χ1n) is 9.25. The molecule has 7 heteroatoms. The Bertz CT molecular complexity index is 1030. The number of nitrogens with zero attached hydrogens (tertiary/aromatic N) is 4. The fourth-order valence-electron chi connectivity index (χ4n) is 3.74. The normalized spacial score (nSPS) is 17.8. The van der Waals surface area contributed by atoms with Crippen molar-refractivity contribution in [3.63, 3.8) is 0 Å². The highest BCUT2D eigenvalue weighted by Crippen LogP contribution is 2.41. The molecule has 0 unspecified atom stereocenters. The van der Waals surface area contributed by atoms with E-state index in [2.05, 4.69) is 34.2 Å². The van der Waals surface area contributed by atoms with E-state index >= 15 is 0 Å². The lowest BCUT2D eigenvalue weighted by Crippen LogP contribution is -2.37. The van der Waals surface area contributed by atoms with E-state index in [-0.39, 0.29) is 28.9 Å². The van der Waals surface area contributed by atoms with Crippen LogP contribution >= 0.6 is 0 Å². The lowest BCUT2D eigenvalue weighted by molar-refractivity contribution is 0.0913. The number of carbonyl (C=O) groups excluding carboxylic acids is 1. The van der Waals surface area contributed by atoms with Gasteiger partial charge in [-0.1, -0.05) is 19.9 Å². The standard InChI is InChI=1S/C21H22FN5O/c1-13-10-24-18(12-23-13)20(28)26-17-8-21(2,3)9-19-16(17)11-25-27(19)15-6-4-5-14(22)7-15/h4-7,10-12,17H,8-9H2,1-3H3,(H,26,28)/t17-/m0/s1. The van der Waals surface area contributed by atoms with E-state index in [0.717, 1.165) is 29.8 Å². The van der Waals surface area contributed by atoms with Gasteiger partial charge in [0, 0.05) is 11.8 Å². The SMILES string of the molecule is Cc1cnc(C(=O)N[C@H]2CC(C)(C)Cc3c2cnn3-c2cccc(F)c2)cn1. The van der Waals surface area contributed by atoms with E-state index in [1.165, 1.54) is 18.3 Å². The highest BCUT2D eigenvalue weighted by molar-refractivity contribution is 5.92. The molecule has 2 heterocycles. The summed E-state index contributed by atoms with van der Waals surface area (Å²) in [6.45, 7) is 6.14. The maximum Gasteiger partial charge on any atom is 0.271 e. The Balaban J connectivity index is 1.67. The highest BCUT2D eigenvalue weighted by atomic mass is 19.1. The number of halogens is 1. The molecule has 4 rings (SSSR count). The van der Waals surface area contributed by atoms with Gasteiger partial charge in [-0.3, -0.25) is 9.78 Å². The second-order valence-corrected chi connectivity index (χ2v) is 8.05. The summed E-state index contributed by atoms with van der Waals surface area (Å²) < 4.78 is 15.5. The van der Waals surface area contributed by atoms with Gasteiger partial charge >= 0.3 is 0 Å². The molecule has 1 aliphatic carbocycles. The van der Waals surface area contributed by atoms with Gasteiger partial charge in [0.25, 0.3) is 5.91 Å². The van der Waals surface area contributed by atoms with Crippen LogP contribution < -0.4 is 5.32 Å². The van der Waals surface area contributed by atoms with Crippen LogP contribution in [0.4, 0.5) is 4.39 Å². The van der Waals surface area contributed by atoms with Crippen molar-refractivity contribution in [3.8, 4) is 5.69 Å². The summed E-state index contributed by atoms with van der Waals surface area (Å²) in [5.74, 6) is -0.570. The topological polar surface area (TPSA) is 72.7 Å². The van der Waals surface area contributed by atoms with E-state index in [0.29, 0.717) is 5.69 Å². The Labute approximate surface area is 162 Å². The summed E-state index contributed by atoms with van der Waals surface area (Å²) in [5, 5.41) is 7.56. The number of benzene rings is 1. The number of nitrogens with one attached hydrogen (secondary N) is 1. The van der Waals surface area contributed by atoms with Gasteiger partial charge in [-0.05, 0) is 43.4 Å². The summed E-state index contributed by atoms with van der Waals surface area (Å²) in [4.78, 5) is 21.0. The molecule has 0 spiro atoms. The average Bonchev–Trinajstić information content (AvgIpc) is 3.05. The predicted octanol–water partition coefficient (Wildman–Crippen LogP) is 3.55. The van der Waals surface area contributed by atoms with Crippen molar-refractivity contribution in [2.24, 2.45) is 5.41 Å². The summed E-state index contributed by atoms with van der Waals surface area (Å²) in [6.07, 6.45) is 6.39. The quantitative estimate of drug-likeness (QED) is 0.755. The molecule has 0 aliphatic heterocycles. The Morgan fingerprint density at radius 3 is 2.79 bits per heavy atom. The number of fused-ring (bicyclic) bond motifs is 1. The minimum atomic E-state index is -0.306. The molecule has 3 aromatic rings. The molecule has 0 bridgehead atoms. The zero-order valence-corrected chi connectivity index (χ0v) is 16.1. The largest absolute Gasteiger partial charge is 0.344 e. The molecule has 0 saturated carbocycles. The number of aromatic nitrogens is 4. The molecule has 1 aliphatic rings. The maximum atomic E-state index is 13.7. The second-order valence-electron chi connectivity index (χ2n) is 8.05. The van der Waals surface area contributed by atoms with Crippen LogP contribution in [0.25, 0.3) is 5.69 Å². The molecule has 1 aromatic carbocycles. The summed E-state index contributed by atoms with van der Waals surface area (Å²) in [5.41, 5.74) is 3.62. The van der Waals surface area contributed by atoms with Gasteiger partial charge in [0.1, 0.15) is 11.5 Å². The van der Waals surface area contributed by atoms with Crippen LogP contribution in [0, 0.1) is 18.2 Å². The molecule has 0 fully saturated rings. The molecule has 2 aromatic heterocycles. The molecule has 1 amide bonds. The van der Waals surface area contributed by atoms with Crippen molar-refractivity contribution in [2.45, 2.75) is 39.7 Å². The Hall–Kier alpha value is -3.09. The van der Waals surface area contributed by atoms with Crippen molar-refractivity contribution < 1.29 is 9.18 Å². The minimum absolute atomic E-state index is 0.0466. The highest BCUT2D eigenvalue weighted by Gasteiger charge is 2.36. The lowest BCUT2D eigenvalue weighted by Gasteiger charge is -2.35. The molecule has 1 atom stereocenters. The van der Waals surface area contributed by atoms with Crippen LogP contribution in [0.15, 0.2) is 42.9 Å². The smallest absolute Gasteiger partial charge is 0.271 e. The van der Waals surface area contributed by atoms with Crippen molar-refractivity contribution in [1.82, 2.24) is 25.1 Å². The molecule has 0 radical (unpaired) electrons. The molecule has 6 nitrogen and oxygen atoms in total. The van der Waals surface area contributed by atoms with E-state index in [9.17, 15) is 9.18 Å². The lowest BCUT2D eigenvalue weighted by atomic mass is 9.74. The summed E-state index contributed by atoms with van der Waals surface area (Å²) in [7, 11) is 0. The first-order chi connectivity index (χ1) is 13.3. The van der Waals surface area contributed by atoms with Crippen molar-refractivity contribution in [2.75, 3.05) is 0 Å². The minimum Gasteiger partial charge on any atom is -0.344 e. The van der Waals surface area contributed by atoms with Gasteiger partial charge in [0.2, 0.25) is 0 Å². The van der Waals surface area contributed by atoms with Crippen molar-refractivity contribution in [3.05, 3.63) is 71.3 Å². The first kappa shape index (κ1) is 18.3. The van der Waals surface area contributed by atoms with Gasteiger partial charge in [0.05, 0.1) is 35.5 Å². The zero-order valence-electron chi connectivity index (χ0n) is 16.1. The maximum absolute atomic E-state index is 13.7. The van der Waals surface area contributed by atoms with E-state index in [1.807, 2.05) is 13.0 Å². The van der Waals surface area contributed by atoms with Gasteiger partial charge in [-0.15, -0.1) is 0 Å². The van der Waals surface area contributed by atoms with Crippen LogP contribution in [0.1, 0.15) is 53.7 Å². The Morgan fingerprint density at radius 2 is 2.07 bits per heavy atom. The molecule has 1 N–H and O–H groups in total. The molecule has 144 valence electrons. The van der Waals surface area contributed by atoms with Crippen LogP contribution in [-0.4, -0.2) is 25.7 Å². The van der Waals surface area contributed by atoms with E-state index in [1.54, 1.807) is 23.1 Å². The molecular formula is C21H22FN5O. The summed E-state index contributed by atoms with van der Waals surface area (Å²) >= 11 is 0. The van der Waals surface area contributed by atoms with Crippen LogP contribution in [-0.2, 0) is 6.42 Å². The second kappa shape index (κ2) is 6.82. The molecule has 28 heavy (non-hydrogen) atoms. The Morgan fingerprint density at radius 1 is 1.25 bits per heavy atom. The monoisotopic (exact) mass is 379 g/mol. The predicted molar refractivity (Wildman–Crippen MR) is 103 cm³/mol. The van der Waals surface area contributed by atoms with Crippen LogP contribution in [0.5, 0.6) is 0 Å². The van der Waals surface area contributed by atoms with Gasteiger partial charge in [-0.2, -0.15) is 5.10 Å².